The second kappa shape index (κ2) is 4.06. The number of benzene rings is 2. The summed E-state index contributed by atoms with van der Waals surface area (Å²) < 4.78 is 0. The van der Waals surface area contributed by atoms with Gasteiger partial charge in [-0.3, -0.25) is 0 Å². The smallest absolute Gasteiger partial charge is 0.00772 e. The highest BCUT2D eigenvalue weighted by atomic mass is 15.0. The van der Waals surface area contributed by atoms with E-state index >= 15 is 0 Å². The van der Waals surface area contributed by atoms with Crippen LogP contribution in [0.1, 0.15) is 0 Å². The largest absolute Gasteiger partial charge is 0.314 e. The molecule has 1 nitrogen and oxygen atoms in total. The minimum atomic E-state index is 1.25. The van der Waals surface area contributed by atoms with Gasteiger partial charge in [-0.25, -0.2) is 0 Å². The highest BCUT2D eigenvalue weighted by Crippen LogP contribution is 2.11. The molecule has 1 heterocycles. The third kappa shape index (κ3) is 2.56. The number of hydrogen-bond donors (Lipinski definition) is 1. The van der Waals surface area contributed by atoms with E-state index in [0.717, 1.165) is 0 Å². The normalized spacial score (nSPS) is 13.2. The summed E-state index contributed by atoms with van der Waals surface area (Å²) in [7, 11) is 0. The van der Waals surface area contributed by atoms with E-state index in [1.165, 1.54) is 23.9 Å². The van der Waals surface area contributed by atoms with E-state index < -0.39 is 0 Å². The highest BCUT2D eigenvalue weighted by molar-refractivity contribution is 5.81. The molecule has 1 aliphatic heterocycles. The lowest BCUT2D eigenvalue weighted by Gasteiger charge is -1.92. The SMILES string of the molecule is C1CN1.c1ccc2ccccc2c1. The van der Waals surface area contributed by atoms with Crippen molar-refractivity contribution in [2.45, 2.75) is 0 Å². The Morgan fingerprint density at radius 1 is 0.692 bits per heavy atom. The predicted octanol–water partition coefficient (Wildman–Crippen LogP) is 2.43. The molecule has 1 fully saturated rings. The maximum Gasteiger partial charge on any atom is 0.00772 e. The van der Waals surface area contributed by atoms with Crippen molar-refractivity contribution in [3.8, 4) is 0 Å². The summed E-state index contributed by atoms with van der Waals surface area (Å²) in [6.45, 7) is 2.50. The summed E-state index contributed by atoms with van der Waals surface area (Å²) in [6, 6.07) is 16.7. The monoisotopic (exact) mass is 171 g/mol. The van der Waals surface area contributed by atoms with Crippen LogP contribution in [0.2, 0.25) is 0 Å². The summed E-state index contributed by atoms with van der Waals surface area (Å²) in [5.74, 6) is 0. The second-order valence-corrected chi connectivity index (χ2v) is 3.10. The topological polar surface area (TPSA) is 21.9 Å². The summed E-state index contributed by atoms with van der Waals surface area (Å²) in [6.07, 6.45) is 0. The van der Waals surface area contributed by atoms with E-state index in [0.29, 0.717) is 0 Å². The first-order chi connectivity index (χ1) is 6.47. The van der Waals surface area contributed by atoms with Gasteiger partial charge in [0.1, 0.15) is 0 Å². The molecule has 0 amide bonds. The third-order valence-electron chi connectivity index (χ3n) is 1.91. The van der Waals surface area contributed by atoms with Crippen molar-refractivity contribution in [3.63, 3.8) is 0 Å². The maximum atomic E-state index is 3.00. The molecule has 0 atom stereocenters. The zero-order chi connectivity index (χ0) is 8.93. The Labute approximate surface area is 78.4 Å². The first-order valence-corrected chi connectivity index (χ1v) is 4.61. The molecule has 2 aromatic carbocycles. The predicted molar refractivity (Wildman–Crippen MR) is 56.8 cm³/mol. The van der Waals surface area contributed by atoms with E-state index in [-0.39, 0.29) is 0 Å². The zero-order valence-corrected chi connectivity index (χ0v) is 7.53. The molecule has 13 heavy (non-hydrogen) atoms. The minimum Gasteiger partial charge on any atom is -0.314 e. The second-order valence-electron chi connectivity index (χ2n) is 3.10. The van der Waals surface area contributed by atoms with Crippen molar-refractivity contribution in [2.24, 2.45) is 0 Å². The van der Waals surface area contributed by atoms with Gasteiger partial charge in [-0.1, -0.05) is 48.5 Å². The van der Waals surface area contributed by atoms with Gasteiger partial charge in [-0.2, -0.15) is 0 Å². The van der Waals surface area contributed by atoms with Gasteiger partial charge < -0.3 is 5.32 Å². The third-order valence-corrected chi connectivity index (χ3v) is 1.91. The van der Waals surface area contributed by atoms with Gasteiger partial charge in [0.15, 0.2) is 0 Å². The number of nitrogens with one attached hydrogen (secondary N) is 1. The van der Waals surface area contributed by atoms with Crippen LogP contribution in [0, 0.1) is 0 Å². The fourth-order valence-electron chi connectivity index (χ4n) is 1.13. The zero-order valence-electron chi connectivity index (χ0n) is 7.53. The first-order valence-electron chi connectivity index (χ1n) is 4.61. The molecule has 0 spiro atoms. The minimum absolute atomic E-state index is 1.25. The molecule has 66 valence electrons. The Balaban J connectivity index is 0.000000185. The van der Waals surface area contributed by atoms with Crippen molar-refractivity contribution in [3.05, 3.63) is 48.5 Å². The van der Waals surface area contributed by atoms with Crippen molar-refractivity contribution in [1.29, 1.82) is 0 Å². The van der Waals surface area contributed by atoms with Crippen molar-refractivity contribution >= 4 is 10.8 Å². The number of fused-ring (bicyclic) bond motifs is 1. The average molecular weight is 171 g/mol. The van der Waals surface area contributed by atoms with Gasteiger partial charge in [-0.15, -0.1) is 0 Å². The van der Waals surface area contributed by atoms with Crippen LogP contribution in [0.15, 0.2) is 48.5 Å². The molecule has 1 aliphatic rings. The van der Waals surface area contributed by atoms with Gasteiger partial charge in [0.2, 0.25) is 0 Å². The molecule has 0 unspecified atom stereocenters. The summed E-state index contributed by atoms with van der Waals surface area (Å²) in [5.41, 5.74) is 0. The molecule has 0 radical (unpaired) electrons. The Hall–Kier alpha value is -1.34. The molecular formula is C12H13N. The van der Waals surface area contributed by atoms with E-state index in [4.69, 9.17) is 0 Å². The molecule has 0 aromatic heterocycles. The van der Waals surface area contributed by atoms with Crippen molar-refractivity contribution in [1.82, 2.24) is 5.32 Å². The number of hydrogen-bond acceptors (Lipinski definition) is 1. The van der Waals surface area contributed by atoms with Gasteiger partial charge in [0.05, 0.1) is 0 Å². The van der Waals surface area contributed by atoms with Crippen LogP contribution in [0.25, 0.3) is 10.8 Å². The molecule has 1 N–H and O–H groups in total. The molecular weight excluding hydrogens is 158 g/mol. The fourth-order valence-corrected chi connectivity index (χ4v) is 1.13. The Bertz CT molecular complexity index is 311. The lowest BCUT2D eigenvalue weighted by Crippen LogP contribution is -1.67. The highest BCUT2D eigenvalue weighted by Gasteiger charge is 1.91. The van der Waals surface area contributed by atoms with Gasteiger partial charge in [-0.05, 0) is 10.8 Å². The van der Waals surface area contributed by atoms with E-state index in [1.807, 2.05) is 0 Å². The van der Waals surface area contributed by atoms with Crippen LogP contribution in [-0.4, -0.2) is 13.1 Å². The molecule has 2 aromatic rings. The molecule has 0 bridgehead atoms. The van der Waals surface area contributed by atoms with E-state index in [9.17, 15) is 0 Å². The average Bonchev–Trinajstić information content (AvgIpc) is 3.05. The van der Waals surface area contributed by atoms with E-state index in [2.05, 4.69) is 53.8 Å². The lowest BCUT2D eigenvalue weighted by atomic mass is 10.1. The van der Waals surface area contributed by atoms with Crippen LogP contribution in [0.4, 0.5) is 0 Å². The van der Waals surface area contributed by atoms with E-state index in [1.54, 1.807) is 0 Å². The standard InChI is InChI=1S/C10H8.C2H5N/c1-2-6-10-8-4-3-7-9(10)5-1;1-2-3-1/h1-8H;3H,1-2H2. The van der Waals surface area contributed by atoms with Crippen molar-refractivity contribution in [2.75, 3.05) is 13.1 Å². The van der Waals surface area contributed by atoms with Gasteiger partial charge in [0.25, 0.3) is 0 Å². The van der Waals surface area contributed by atoms with Gasteiger partial charge >= 0.3 is 0 Å². The lowest BCUT2D eigenvalue weighted by molar-refractivity contribution is 1.34. The van der Waals surface area contributed by atoms with Crippen LogP contribution >= 0.6 is 0 Å². The number of rotatable bonds is 0. The molecule has 3 rings (SSSR count). The Morgan fingerprint density at radius 3 is 1.23 bits per heavy atom. The molecule has 1 saturated heterocycles. The Morgan fingerprint density at radius 2 is 1.00 bits per heavy atom. The maximum absolute atomic E-state index is 3.00. The summed E-state index contributed by atoms with van der Waals surface area (Å²) in [5, 5.41) is 5.62. The quantitative estimate of drug-likeness (QED) is 0.604. The van der Waals surface area contributed by atoms with Crippen LogP contribution in [0.5, 0.6) is 0 Å². The Kier molecular flexibility index (Phi) is 2.58. The van der Waals surface area contributed by atoms with Crippen LogP contribution < -0.4 is 5.32 Å². The van der Waals surface area contributed by atoms with Gasteiger partial charge in [0, 0.05) is 13.1 Å². The van der Waals surface area contributed by atoms with Crippen LogP contribution in [0.3, 0.4) is 0 Å². The molecule has 0 saturated carbocycles. The fraction of sp³-hybridized carbons (Fsp3) is 0.167. The first kappa shape index (κ1) is 8.27. The van der Waals surface area contributed by atoms with Crippen molar-refractivity contribution < 1.29 is 0 Å². The summed E-state index contributed by atoms with van der Waals surface area (Å²) in [4.78, 5) is 0. The summed E-state index contributed by atoms with van der Waals surface area (Å²) >= 11 is 0. The van der Waals surface area contributed by atoms with Crippen LogP contribution in [-0.2, 0) is 0 Å². The molecule has 0 aliphatic carbocycles. The molecule has 1 heteroatoms.